The summed E-state index contributed by atoms with van der Waals surface area (Å²) in [5.74, 6) is 1.10. The molecule has 0 bridgehead atoms. The molecule has 2 fully saturated rings. The summed E-state index contributed by atoms with van der Waals surface area (Å²) in [6, 6.07) is 8.06. The molecule has 1 saturated heterocycles. The molecule has 1 aliphatic carbocycles. The van der Waals surface area contributed by atoms with Crippen LogP contribution in [-0.4, -0.2) is 37.7 Å². The van der Waals surface area contributed by atoms with E-state index in [1.807, 2.05) is 23.9 Å². The van der Waals surface area contributed by atoms with E-state index in [1.54, 1.807) is 4.57 Å². The summed E-state index contributed by atoms with van der Waals surface area (Å²) in [7, 11) is 0. The normalized spacial score (nSPS) is 22.1. The van der Waals surface area contributed by atoms with Gasteiger partial charge in [-0.05, 0) is 87.1 Å². The number of thioether (sulfide) groups is 1. The van der Waals surface area contributed by atoms with Crippen LogP contribution >= 0.6 is 11.8 Å². The van der Waals surface area contributed by atoms with Gasteiger partial charge in [0.25, 0.3) is 5.56 Å². The summed E-state index contributed by atoms with van der Waals surface area (Å²) in [6.07, 6.45) is 6.62. The highest BCUT2D eigenvalue weighted by Gasteiger charge is 2.29. The Balaban J connectivity index is 1.35. The molecule has 3 aromatic rings. The number of hydrogen-bond acceptors (Lipinski definition) is 5. The van der Waals surface area contributed by atoms with Crippen molar-refractivity contribution in [3.8, 4) is 0 Å². The maximum absolute atomic E-state index is 14.1. The minimum Gasteiger partial charge on any atom is -0.311 e. The molecule has 9 heteroatoms. The van der Waals surface area contributed by atoms with Crippen molar-refractivity contribution in [2.24, 2.45) is 0 Å². The lowest BCUT2D eigenvalue weighted by Crippen LogP contribution is -2.47. The van der Waals surface area contributed by atoms with E-state index in [4.69, 9.17) is 0 Å². The van der Waals surface area contributed by atoms with Crippen LogP contribution in [0.25, 0.3) is 11.0 Å². The zero-order chi connectivity index (χ0) is 25.2. The van der Waals surface area contributed by atoms with E-state index in [0.717, 1.165) is 55.4 Å². The number of benzene rings is 1. The van der Waals surface area contributed by atoms with Crippen LogP contribution in [0.2, 0.25) is 0 Å². The fourth-order valence-corrected chi connectivity index (χ4v) is 6.82. The molecule has 0 amide bonds. The smallest absolute Gasteiger partial charge is 0.311 e. The average Bonchev–Trinajstić information content (AvgIpc) is 2.87. The van der Waals surface area contributed by atoms with Gasteiger partial charge in [0.05, 0.1) is 11.6 Å². The molecule has 1 aliphatic heterocycles. The molecular weight excluding hydrogens is 482 g/mol. The number of hydrogen-bond donors (Lipinski definition) is 1. The van der Waals surface area contributed by atoms with E-state index in [-0.39, 0.29) is 41.1 Å². The quantitative estimate of drug-likeness (QED) is 0.520. The molecule has 0 spiro atoms. The second-order valence-electron chi connectivity index (χ2n) is 10.1. The van der Waals surface area contributed by atoms with E-state index in [2.05, 4.69) is 17.2 Å². The molecule has 2 aromatic heterocycles. The molecule has 36 heavy (non-hydrogen) atoms. The van der Waals surface area contributed by atoms with Gasteiger partial charge in [-0.25, -0.2) is 18.6 Å². The largest absolute Gasteiger partial charge is 0.333 e. The molecule has 3 heterocycles. The number of halogens is 2. The monoisotopic (exact) mass is 514 g/mol. The molecule has 1 saturated carbocycles. The molecule has 1 unspecified atom stereocenters. The van der Waals surface area contributed by atoms with E-state index < -0.39 is 11.4 Å². The summed E-state index contributed by atoms with van der Waals surface area (Å²) < 4.78 is 30.3. The first-order chi connectivity index (χ1) is 17.4. The first-order valence-corrected chi connectivity index (χ1v) is 14.0. The van der Waals surface area contributed by atoms with E-state index in [1.165, 1.54) is 22.8 Å². The third-order valence-corrected chi connectivity index (χ3v) is 8.56. The van der Waals surface area contributed by atoms with Crippen LogP contribution in [0.3, 0.4) is 0 Å². The molecule has 1 N–H and O–H groups in total. The van der Waals surface area contributed by atoms with Gasteiger partial charge in [-0.2, -0.15) is 11.8 Å². The van der Waals surface area contributed by atoms with Crippen LogP contribution in [-0.2, 0) is 6.42 Å². The van der Waals surface area contributed by atoms with Crippen molar-refractivity contribution in [3.63, 3.8) is 0 Å². The van der Waals surface area contributed by atoms with Gasteiger partial charge in [-0.1, -0.05) is 12.1 Å². The number of rotatable bonds is 6. The van der Waals surface area contributed by atoms with Crippen molar-refractivity contribution < 1.29 is 8.78 Å². The Morgan fingerprint density at radius 2 is 1.64 bits per heavy atom. The first kappa shape index (κ1) is 25.1. The van der Waals surface area contributed by atoms with Crippen LogP contribution in [0, 0.1) is 11.6 Å². The lowest BCUT2D eigenvalue weighted by molar-refractivity contribution is 0.263. The van der Waals surface area contributed by atoms with Crippen molar-refractivity contribution in [1.29, 1.82) is 0 Å². The summed E-state index contributed by atoms with van der Waals surface area (Å²) in [4.78, 5) is 31.3. The van der Waals surface area contributed by atoms with Crippen molar-refractivity contribution in [2.45, 2.75) is 76.0 Å². The topological polar surface area (TPSA) is 68.9 Å². The Bertz CT molecular complexity index is 1330. The summed E-state index contributed by atoms with van der Waals surface area (Å²) >= 11 is 1.86. The maximum Gasteiger partial charge on any atom is 0.333 e. The van der Waals surface area contributed by atoms with Crippen molar-refractivity contribution in [1.82, 2.24) is 19.4 Å². The van der Waals surface area contributed by atoms with E-state index in [0.29, 0.717) is 18.5 Å². The van der Waals surface area contributed by atoms with Crippen LogP contribution < -0.4 is 16.6 Å². The van der Waals surface area contributed by atoms with Crippen LogP contribution in [0.1, 0.15) is 63.1 Å². The summed E-state index contributed by atoms with van der Waals surface area (Å²) in [6.45, 7) is 2.12. The minimum atomic E-state index is -0.571. The Labute approximate surface area is 213 Å². The van der Waals surface area contributed by atoms with Crippen molar-refractivity contribution in [3.05, 3.63) is 74.6 Å². The van der Waals surface area contributed by atoms with Gasteiger partial charge >= 0.3 is 5.69 Å². The molecule has 2 aliphatic rings. The van der Waals surface area contributed by atoms with Gasteiger partial charge in [0.2, 0.25) is 0 Å². The van der Waals surface area contributed by atoms with Crippen LogP contribution in [0.4, 0.5) is 8.78 Å². The second kappa shape index (κ2) is 10.8. The Morgan fingerprint density at radius 3 is 2.33 bits per heavy atom. The van der Waals surface area contributed by atoms with Crippen molar-refractivity contribution in [2.75, 3.05) is 11.5 Å². The standard InChI is InChI=1S/C27H32F2N4O2S/c1-17(14-18-2-4-19(28)5-3-18)31-21-6-8-22(9-7-21)33-26(34)24-15-20(29)16-30-25(24)32(27(33)35)23-10-12-36-13-11-23/h2-5,15-17,21-23,31H,6-14H2,1H3. The van der Waals surface area contributed by atoms with Gasteiger partial charge < -0.3 is 5.32 Å². The predicted molar refractivity (Wildman–Crippen MR) is 140 cm³/mol. The van der Waals surface area contributed by atoms with Gasteiger partial charge in [-0.3, -0.25) is 13.9 Å². The summed E-state index contributed by atoms with van der Waals surface area (Å²) in [5, 5.41) is 3.84. The number of nitrogens with zero attached hydrogens (tertiary/aromatic N) is 3. The number of pyridine rings is 1. The predicted octanol–water partition coefficient (Wildman–Crippen LogP) is 4.61. The maximum atomic E-state index is 14.1. The highest BCUT2D eigenvalue weighted by molar-refractivity contribution is 7.99. The Hall–Kier alpha value is -2.52. The highest BCUT2D eigenvalue weighted by Crippen LogP contribution is 2.30. The zero-order valence-corrected chi connectivity index (χ0v) is 21.3. The molecule has 6 nitrogen and oxygen atoms in total. The van der Waals surface area contributed by atoms with Crippen LogP contribution in [0.15, 0.2) is 46.1 Å². The average molecular weight is 515 g/mol. The highest BCUT2D eigenvalue weighted by atomic mass is 32.2. The molecular formula is C27H32F2N4O2S. The van der Waals surface area contributed by atoms with E-state index >= 15 is 0 Å². The molecule has 0 radical (unpaired) electrons. The van der Waals surface area contributed by atoms with Crippen LogP contribution in [0.5, 0.6) is 0 Å². The fourth-order valence-electron chi connectivity index (χ4n) is 5.74. The third-order valence-electron chi connectivity index (χ3n) is 7.52. The summed E-state index contributed by atoms with van der Waals surface area (Å²) in [5.41, 5.74) is 0.619. The lowest BCUT2D eigenvalue weighted by Gasteiger charge is -2.33. The van der Waals surface area contributed by atoms with Crippen molar-refractivity contribution >= 4 is 22.8 Å². The van der Waals surface area contributed by atoms with Gasteiger partial charge in [0.15, 0.2) is 0 Å². The lowest BCUT2D eigenvalue weighted by atomic mass is 9.90. The minimum absolute atomic E-state index is 0.0311. The number of fused-ring (bicyclic) bond motifs is 1. The molecule has 5 rings (SSSR count). The second-order valence-corrected chi connectivity index (χ2v) is 11.3. The van der Waals surface area contributed by atoms with Gasteiger partial charge in [-0.15, -0.1) is 0 Å². The first-order valence-electron chi connectivity index (χ1n) is 12.8. The number of aromatic nitrogens is 3. The zero-order valence-electron chi connectivity index (χ0n) is 20.5. The third kappa shape index (κ3) is 5.27. The Morgan fingerprint density at radius 1 is 0.972 bits per heavy atom. The SMILES string of the molecule is CC(Cc1ccc(F)cc1)NC1CCC(n2c(=O)c3cc(F)cnc3n(C3CCSCC3)c2=O)CC1. The van der Waals surface area contributed by atoms with Gasteiger partial charge in [0, 0.05) is 24.2 Å². The number of nitrogens with one attached hydrogen (secondary N) is 1. The molecule has 1 atom stereocenters. The Kier molecular flexibility index (Phi) is 7.57. The fraction of sp³-hybridized carbons (Fsp3) is 0.519. The molecule has 192 valence electrons. The van der Waals surface area contributed by atoms with E-state index in [9.17, 15) is 18.4 Å². The molecule has 1 aromatic carbocycles. The van der Waals surface area contributed by atoms with Gasteiger partial charge in [0.1, 0.15) is 17.3 Å².